The van der Waals surface area contributed by atoms with E-state index in [0.29, 0.717) is 6.42 Å². The molecule has 1 N–H and O–H groups in total. The first-order valence-corrected chi connectivity index (χ1v) is 5.21. The highest BCUT2D eigenvalue weighted by atomic mass is 16.1. The number of anilines is 1. The van der Waals surface area contributed by atoms with Gasteiger partial charge in [-0.3, -0.25) is 4.79 Å². The molecule has 0 saturated heterocycles. The average Bonchev–Trinajstić information content (AvgIpc) is 2.62. The van der Waals surface area contributed by atoms with Gasteiger partial charge in [-0.1, -0.05) is 12.2 Å². The van der Waals surface area contributed by atoms with Crippen LogP contribution in [-0.2, 0) is 6.42 Å². The zero-order chi connectivity index (χ0) is 10.8. The maximum Gasteiger partial charge on any atom is 0.166 e. The van der Waals surface area contributed by atoms with Gasteiger partial charge in [0.05, 0.1) is 0 Å². The standard InChI is InChI=1S/C13H15NO/c1-9(2)7-13(15)11-3-4-12-10(8-11)5-6-14-12/h3-4,8,14H,1,5-7H2,2H3. The molecule has 0 spiro atoms. The van der Waals surface area contributed by atoms with Crippen LogP contribution < -0.4 is 5.32 Å². The predicted octanol–water partition coefficient (Wildman–Crippen LogP) is 2.80. The number of fused-ring (bicyclic) bond motifs is 1. The molecule has 0 aliphatic carbocycles. The quantitative estimate of drug-likeness (QED) is 0.602. The molecule has 0 saturated carbocycles. The van der Waals surface area contributed by atoms with Crippen molar-refractivity contribution in [3.8, 4) is 0 Å². The van der Waals surface area contributed by atoms with E-state index in [-0.39, 0.29) is 5.78 Å². The molecule has 2 nitrogen and oxygen atoms in total. The molecule has 0 unspecified atom stereocenters. The Kier molecular flexibility index (Phi) is 2.58. The van der Waals surface area contributed by atoms with Gasteiger partial charge in [0.25, 0.3) is 0 Å². The van der Waals surface area contributed by atoms with E-state index in [4.69, 9.17) is 0 Å². The summed E-state index contributed by atoms with van der Waals surface area (Å²) in [6.07, 6.45) is 1.47. The zero-order valence-electron chi connectivity index (χ0n) is 8.97. The largest absolute Gasteiger partial charge is 0.384 e. The highest BCUT2D eigenvalue weighted by Gasteiger charge is 2.13. The van der Waals surface area contributed by atoms with Gasteiger partial charge in [0, 0.05) is 24.2 Å². The third-order valence-corrected chi connectivity index (χ3v) is 2.60. The van der Waals surface area contributed by atoms with Crippen molar-refractivity contribution in [3.05, 3.63) is 41.5 Å². The van der Waals surface area contributed by atoms with Crippen LogP contribution in [-0.4, -0.2) is 12.3 Å². The predicted molar refractivity (Wildman–Crippen MR) is 62.4 cm³/mol. The number of hydrogen-bond acceptors (Lipinski definition) is 2. The molecule has 0 fully saturated rings. The van der Waals surface area contributed by atoms with Crippen molar-refractivity contribution >= 4 is 11.5 Å². The number of carbonyl (C=O) groups excluding carboxylic acids is 1. The van der Waals surface area contributed by atoms with Gasteiger partial charge in [0.1, 0.15) is 0 Å². The fraction of sp³-hybridized carbons (Fsp3) is 0.308. The van der Waals surface area contributed by atoms with Crippen molar-refractivity contribution in [2.24, 2.45) is 0 Å². The number of ketones is 1. The molecule has 0 radical (unpaired) electrons. The highest BCUT2D eigenvalue weighted by molar-refractivity contribution is 5.98. The van der Waals surface area contributed by atoms with Crippen LogP contribution in [0, 0.1) is 0 Å². The molecule has 78 valence electrons. The molecule has 2 rings (SSSR count). The first-order chi connectivity index (χ1) is 7.16. The second-order valence-corrected chi connectivity index (χ2v) is 4.11. The van der Waals surface area contributed by atoms with Crippen molar-refractivity contribution in [1.29, 1.82) is 0 Å². The Balaban J connectivity index is 2.23. The van der Waals surface area contributed by atoms with Gasteiger partial charge in [-0.25, -0.2) is 0 Å². The molecule has 2 heteroatoms. The Hall–Kier alpha value is -1.57. The minimum absolute atomic E-state index is 0.164. The maximum absolute atomic E-state index is 11.8. The summed E-state index contributed by atoms with van der Waals surface area (Å²) in [5.74, 6) is 0.164. The number of nitrogens with one attached hydrogen (secondary N) is 1. The van der Waals surface area contributed by atoms with Crippen LogP contribution in [0.5, 0.6) is 0 Å². The second-order valence-electron chi connectivity index (χ2n) is 4.11. The van der Waals surface area contributed by atoms with E-state index in [1.54, 1.807) is 0 Å². The van der Waals surface area contributed by atoms with Gasteiger partial charge in [-0.05, 0) is 37.1 Å². The smallest absolute Gasteiger partial charge is 0.166 e. The number of Topliss-reactive ketones (excluding diaryl/α,β-unsaturated/α-hetero) is 1. The Morgan fingerprint density at radius 3 is 3.07 bits per heavy atom. The molecule has 1 aliphatic rings. The normalized spacial score (nSPS) is 13.1. The van der Waals surface area contributed by atoms with Crippen LogP contribution in [0.2, 0.25) is 0 Å². The van der Waals surface area contributed by atoms with Gasteiger partial charge in [0.2, 0.25) is 0 Å². The first-order valence-electron chi connectivity index (χ1n) is 5.21. The van der Waals surface area contributed by atoms with E-state index in [0.717, 1.165) is 24.1 Å². The van der Waals surface area contributed by atoms with Crippen LogP contribution in [0.3, 0.4) is 0 Å². The molecule has 0 atom stereocenters. The summed E-state index contributed by atoms with van der Waals surface area (Å²) in [5, 5.41) is 3.28. The molecule has 1 aromatic carbocycles. The summed E-state index contributed by atoms with van der Waals surface area (Å²) in [7, 11) is 0. The molecule has 0 bridgehead atoms. The molecular weight excluding hydrogens is 186 g/mol. The lowest BCUT2D eigenvalue weighted by Crippen LogP contribution is -1.99. The zero-order valence-corrected chi connectivity index (χ0v) is 8.97. The fourth-order valence-corrected chi connectivity index (χ4v) is 1.85. The van der Waals surface area contributed by atoms with Crippen molar-refractivity contribution in [2.45, 2.75) is 19.8 Å². The van der Waals surface area contributed by atoms with E-state index < -0.39 is 0 Å². The number of rotatable bonds is 3. The molecular formula is C13H15NO. The minimum Gasteiger partial charge on any atom is -0.384 e. The van der Waals surface area contributed by atoms with Crippen LogP contribution in [0.15, 0.2) is 30.4 Å². The van der Waals surface area contributed by atoms with E-state index in [1.807, 2.05) is 25.1 Å². The number of benzene rings is 1. The topological polar surface area (TPSA) is 29.1 Å². The van der Waals surface area contributed by atoms with E-state index in [1.165, 1.54) is 11.3 Å². The fourth-order valence-electron chi connectivity index (χ4n) is 1.85. The van der Waals surface area contributed by atoms with Gasteiger partial charge < -0.3 is 5.32 Å². The molecule has 0 amide bonds. The second kappa shape index (κ2) is 3.89. The molecule has 0 aromatic heterocycles. The van der Waals surface area contributed by atoms with Crippen molar-refractivity contribution in [1.82, 2.24) is 0 Å². The van der Waals surface area contributed by atoms with Crippen LogP contribution in [0.1, 0.15) is 29.3 Å². The molecule has 1 aromatic rings. The van der Waals surface area contributed by atoms with Gasteiger partial charge in [0.15, 0.2) is 5.78 Å². The van der Waals surface area contributed by atoms with Crippen molar-refractivity contribution < 1.29 is 4.79 Å². The van der Waals surface area contributed by atoms with Crippen LogP contribution in [0.25, 0.3) is 0 Å². The Morgan fingerprint density at radius 2 is 2.33 bits per heavy atom. The highest BCUT2D eigenvalue weighted by Crippen LogP contribution is 2.23. The monoisotopic (exact) mass is 201 g/mol. The summed E-state index contributed by atoms with van der Waals surface area (Å²) in [6.45, 7) is 6.62. The van der Waals surface area contributed by atoms with Crippen LogP contribution >= 0.6 is 0 Å². The summed E-state index contributed by atoms with van der Waals surface area (Å²) in [6, 6.07) is 5.89. The lowest BCUT2D eigenvalue weighted by molar-refractivity contribution is 0.0993. The van der Waals surface area contributed by atoms with E-state index >= 15 is 0 Å². The van der Waals surface area contributed by atoms with Crippen molar-refractivity contribution in [3.63, 3.8) is 0 Å². The van der Waals surface area contributed by atoms with E-state index in [2.05, 4.69) is 11.9 Å². The van der Waals surface area contributed by atoms with Gasteiger partial charge in [-0.15, -0.1) is 0 Å². The first kappa shape index (κ1) is 9.97. The summed E-state index contributed by atoms with van der Waals surface area (Å²) >= 11 is 0. The summed E-state index contributed by atoms with van der Waals surface area (Å²) in [4.78, 5) is 11.8. The third kappa shape index (κ3) is 2.09. The summed E-state index contributed by atoms with van der Waals surface area (Å²) in [5.41, 5.74) is 4.14. The average molecular weight is 201 g/mol. The lowest BCUT2D eigenvalue weighted by atomic mass is 10.0. The van der Waals surface area contributed by atoms with Crippen molar-refractivity contribution in [2.75, 3.05) is 11.9 Å². The lowest BCUT2D eigenvalue weighted by Gasteiger charge is -2.03. The number of allylic oxidation sites excluding steroid dienone is 1. The minimum atomic E-state index is 0.164. The number of hydrogen-bond donors (Lipinski definition) is 1. The number of carbonyl (C=O) groups is 1. The Morgan fingerprint density at radius 1 is 1.53 bits per heavy atom. The Bertz CT molecular complexity index is 421. The van der Waals surface area contributed by atoms with E-state index in [9.17, 15) is 4.79 Å². The molecule has 1 heterocycles. The van der Waals surface area contributed by atoms with Crippen LogP contribution in [0.4, 0.5) is 5.69 Å². The summed E-state index contributed by atoms with van der Waals surface area (Å²) < 4.78 is 0. The SMILES string of the molecule is C=C(C)CC(=O)c1ccc2c(c1)CCN2. The maximum atomic E-state index is 11.8. The molecule has 1 aliphatic heterocycles. The molecule has 15 heavy (non-hydrogen) atoms. The third-order valence-electron chi connectivity index (χ3n) is 2.60. The van der Waals surface area contributed by atoms with Gasteiger partial charge in [-0.2, -0.15) is 0 Å². The Labute approximate surface area is 90.0 Å². The van der Waals surface area contributed by atoms with Gasteiger partial charge >= 0.3 is 0 Å².